The molecule has 2 aromatic carbocycles. The van der Waals surface area contributed by atoms with E-state index in [2.05, 4.69) is 48.8 Å². The van der Waals surface area contributed by atoms with Crippen molar-refractivity contribution in [2.45, 2.75) is 34.0 Å². The molecule has 0 atom stereocenters. The van der Waals surface area contributed by atoms with Gasteiger partial charge in [0.1, 0.15) is 12.4 Å². The Morgan fingerprint density at radius 1 is 1.05 bits per heavy atom. The Kier molecular flexibility index (Phi) is 4.84. The zero-order valence-electron chi connectivity index (χ0n) is 12.0. The summed E-state index contributed by atoms with van der Waals surface area (Å²) in [7, 11) is 0. The summed E-state index contributed by atoms with van der Waals surface area (Å²) in [6.07, 6.45) is 0. The number of halogens is 1. The van der Waals surface area contributed by atoms with Crippen molar-refractivity contribution < 1.29 is 9.84 Å². The van der Waals surface area contributed by atoms with Gasteiger partial charge in [-0.3, -0.25) is 0 Å². The Morgan fingerprint density at radius 3 is 2.25 bits per heavy atom. The third-order valence-electron chi connectivity index (χ3n) is 3.39. The van der Waals surface area contributed by atoms with Crippen molar-refractivity contribution in [2.75, 3.05) is 0 Å². The molecule has 0 aliphatic rings. The molecule has 0 aliphatic heterocycles. The molecular formula is C17H19BrO2. The third-order valence-corrected chi connectivity index (χ3v) is 4.01. The van der Waals surface area contributed by atoms with E-state index in [-0.39, 0.29) is 6.61 Å². The minimum atomic E-state index is 0.0368. The van der Waals surface area contributed by atoms with Gasteiger partial charge in [0.15, 0.2) is 0 Å². The Labute approximate surface area is 128 Å². The minimum absolute atomic E-state index is 0.0368. The first-order valence-corrected chi connectivity index (χ1v) is 7.39. The molecule has 20 heavy (non-hydrogen) atoms. The Balaban J connectivity index is 2.17. The number of aliphatic hydroxyl groups is 1. The van der Waals surface area contributed by atoms with Gasteiger partial charge in [-0.25, -0.2) is 0 Å². The fraction of sp³-hybridized carbons (Fsp3) is 0.294. The van der Waals surface area contributed by atoms with E-state index < -0.39 is 0 Å². The predicted octanol–water partition coefficient (Wildman–Crippen LogP) is 4.45. The highest BCUT2D eigenvalue weighted by atomic mass is 79.9. The molecular weight excluding hydrogens is 316 g/mol. The van der Waals surface area contributed by atoms with E-state index >= 15 is 0 Å². The van der Waals surface area contributed by atoms with E-state index in [1.807, 2.05) is 18.2 Å². The normalized spacial score (nSPS) is 10.7. The molecule has 3 heteroatoms. The van der Waals surface area contributed by atoms with Gasteiger partial charge in [-0.15, -0.1) is 0 Å². The van der Waals surface area contributed by atoms with Crippen molar-refractivity contribution in [1.82, 2.24) is 0 Å². The van der Waals surface area contributed by atoms with Gasteiger partial charge in [-0.2, -0.15) is 0 Å². The van der Waals surface area contributed by atoms with Crippen LogP contribution >= 0.6 is 15.9 Å². The van der Waals surface area contributed by atoms with Gasteiger partial charge in [0.25, 0.3) is 0 Å². The van der Waals surface area contributed by atoms with E-state index in [9.17, 15) is 0 Å². The predicted molar refractivity (Wildman–Crippen MR) is 85.0 cm³/mol. The zero-order valence-corrected chi connectivity index (χ0v) is 13.6. The smallest absolute Gasteiger partial charge is 0.134 e. The first-order chi connectivity index (χ1) is 9.51. The molecule has 0 saturated heterocycles. The SMILES string of the molecule is Cc1cc(C)c(COc2ccc(CO)cc2Br)c(C)c1. The molecule has 2 aromatic rings. The lowest BCUT2D eigenvalue weighted by molar-refractivity contribution is 0.280. The largest absolute Gasteiger partial charge is 0.488 e. The number of aliphatic hydroxyl groups excluding tert-OH is 1. The third kappa shape index (κ3) is 3.41. The first-order valence-electron chi connectivity index (χ1n) is 6.60. The average Bonchev–Trinajstić information content (AvgIpc) is 2.39. The topological polar surface area (TPSA) is 29.5 Å². The number of benzene rings is 2. The summed E-state index contributed by atoms with van der Waals surface area (Å²) < 4.78 is 6.76. The Bertz CT molecular complexity index is 597. The van der Waals surface area contributed by atoms with E-state index in [1.54, 1.807) is 0 Å². The fourth-order valence-electron chi connectivity index (χ4n) is 2.35. The van der Waals surface area contributed by atoms with Crippen LogP contribution in [0.5, 0.6) is 5.75 Å². The summed E-state index contributed by atoms with van der Waals surface area (Å²) in [5.41, 5.74) is 5.88. The molecule has 0 radical (unpaired) electrons. The van der Waals surface area contributed by atoms with Crippen LogP contribution in [0.15, 0.2) is 34.8 Å². The van der Waals surface area contributed by atoms with Crippen molar-refractivity contribution in [1.29, 1.82) is 0 Å². The lowest BCUT2D eigenvalue weighted by atomic mass is 10.0. The molecule has 2 nitrogen and oxygen atoms in total. The lowest BCUT2D eigenvalue weighted by Crippen LogP contribution is -2.02. The van der Waals surface area contributed by atoms with Gasteiger partial charge in [0, 0.05) is 0 Å². The zero-order chi connectivity index (χ0) is 14.7. The maximum Gasteiger partial charge on any atom is 0.134 e. The Hall–Kier alpha value is -1.32. The lowest BCUT2D eigenvalue weighted by Gasteiger charge is -2.14. The van der Waals surface area contributed by atoms with Crippen LogP contribution in [0.2, 0.25) is 0 Å². The van der Waals surface area contributed by atoms with Crippen LogP contribution in [-0.2, 0) is 13.2 Å². The van der Waals surface area contributed by atoms with Crippen molar-refractivity contribution in [3.05, 3.63) is 62.6 Å². The molecule has 2 rings (SSSR count). The maximum atomic E-state index is 9.10. The molecule has 0 saturated carbocycles. The van der Waals surface area contributed by atoms with E-state index in [0.29, 0.717) is 6.61 Å². The second-order valence-corrected chi connectivity index (χ2v) is 5.94. The van der Waals surface area contributed by atoms with E-state index in [1.165, 1.54) is 22.3 Å². The fourth-order valence-corrected chi connectivity index (χ4v) is 2.89. The summed E-state index contributed by atoms with van der Waals surface area (Å²) in [4.78, 5) is 0. The quantitative estimate of drug-likeness (QED) is 0.895. The number of hydrogen-bond donors (Lipinski definition) is 1. The second-order valence-electron chi connectivity index (χ2n) is 5.09. The van der Waals surface area contributed by atoms with Crippen LogP contribution in [0, 0.1) is 20.8 Å². The van der Waals surface area contributed by atoms with Crippen molar-refractivity contribution in [2.24, 2.45) is 0 Å². The molecule has 106 valence electrons. The average molecular weight is 335 g/mol. The molecule has 0 spiro atoms. The van der Waals surface area contributed by atoms with Gasteiger partial charge >= 0.3 is 0 Å². The summed E-state index contributed by atoms with van der Waals surface area (Å²) in [6.45, 7) is 6.92. The van der Waals surface area contributed by atoms with Gasteiger partial charge in [-0.1, -0.05) is 23.8 Å². The highest BCUT2D eigenvalue weighted by Gasteiger charge is 2.07. The van der Waals surface area contributed by atoms with Gasteiger partial charge < -0.3 is 9.84 Å². The molecule has 0 fully saturated rings. The maximum absolute atomic E-state index is 9.10. The number of aryl methyl sites for hydroxylation is 3. The summed E-state index contributed by atoms with van der Waals surface area (Å²) >= 11 is 3.47. The van der Waals surface area contributed by atoms with Crippen LogP contribution in [0.25, 0.3) is 0 Å². The van der Waals surface area contributed by atoms with Crippen molar-refractivity contribution in [3.8, 4) is 5.75 Å². The molecule has 0 unspecified atom stereocenters. The summed E-state index contributed by atoms with van der Waals surface area (Å²) in [5.74, 6) is 0.793. The van der Waals surface area contributed by atoms with E-state index in [4.69, 9.17) is 9.84 Å². The summed E-state index contributed by atoms with van der Waals surface area (Å²) in [6, 6.07) is 9.98. The monoisotopic (exact) mass is 334 g/mol. The Morgan fingerprint density at radius 2 is 1.70 bits per heavy atom. The molecule has 1 N–H and O–H groups in total. The molecule has 0 aliphatic carbocycles. The van der Waals surface area contributed by atoms with Crippen LogP contribution in [0.3, 0.4) is 0 Å². The highest BCUT2D eigenvalue weighted by molar-refractivity contribution is 9.10. The minimum Gasteiger partial charge on any atom is -0.488 e. The van der Waals surface area contributed by atoms with Crippen LogP contribution in [0.4, 0.5) is 0 Å². The second kappa shape index (κ2) is 6.42. The van der Waals surface area contributed by atoms with Crippen LogP contribution in [-0.4, -0.2) is 5.11 Å². The van der Waals surface area contributed by atoms with Gasteiger partial charge in [0.2, 0.25) is 0 Å². The van der Waals surface area contributed by atoms with E-state index in [0.717, 1.165) is 15.8 Å². The molecule has 0 bridgehead atoms. The number of ether oxygens (including phenoxy) is 1. The van der Waals surface area contributed by atoms with Gasteiger partial charge in [-0.05, 0) is 71.1 Å². The molecule has 0 amide bonds. The number of rotatable bonds is 4. The molecule has 0 aromatic heterocycles. The molecule has 0 heterocycles. The van der Waals surface area contributed by atoms with Crippen LogP contribution in [0.1, 0.15) is 27.8 Å². The van der Waals surface area contributed by atoms with Gasteiger partial charge in [0.05, 0.1) is 11.1 Å². The first kappa shape index (κ1) is 15.1. The number of hydrogen-bond acceptors (Lipinski definition) is 2. The highest BCUT2D eigenvalue weighted by Crippen LogP contribution is 2.28. The standard InChI is InChI=1S/C17H19BrO2/c1-11-6-12(2)15(13(3)7-11)10-20-17-5-4-14(9-19)8-16(17)18/h4-8,19H,9-10H2,1-3H3. The summed E-state index contributed by atoms with van der Waals surface area (Å²) in [5, 5.41) is 9.10. The van der Waals surface area contributed by atoms with Crippen molar-refractivity contribution >= 4 is 15.9 Å². The van der Waals surface area contributed by atoms with Crippen molar-refractivity contribution in [3.63, 3.8) is 0 Å². The van der Waals surface area contributed by atoms with Crippen LogP contribution < -0.4 is 4.74 Å².